The molecule has 6 heteroatoms. The number of nitrogen functional groups attached to an aromatic ring is 1. The monoisotopic (exact) mass is 283 g/mol. The van der Waals surface area contributed by atoms with E-state index in [1.165, 1.54) is 0 Å². The lowest BCUT2D eigenvalue weighted by Crippen LogP contribution is -2.10. The second-order valence-corrected chi connectivity index (χ2v) is 5.70. The molecule has 2 aromatic heterocycles. The summed E-state index contributed by atoms with van der Waals surface area (Å²) >= 11 is 1.61. The summed E-state index contributed by atoms with van der Waals surface area (Å²) in [5.41, 5.74) is 15.7. The predicted octanol–water partition coefficient (Wildman–Crippen LogP) is 2.10. The summed E-state index contributed by atoms with van der Waals surface area (Å²) in [4.78, 5) is 5.48. The van der Waals surface area contributed by atoms with E-state index in [4.69, 9.17) is 16.6 Å². The summed E-state index contributed by atoms with van der Waals surface area (Å²) in [6, 6.07) is 7.93. The molecule has 0 atom stereocenters. The topological polar surface area (TPSA) is 82.8 Å². The predicted molar refractivity (Wildman–Crippen MR) is 80.6 cm³/mol. The Labute approximate surface area is 120 Å². The normalized spacial score (nSPS) is 12.7. The van der Waals surface area contributed by atoms with E-state index in [1.54, 1.807) is 18.0 Å². The molecule has 0 bridgehead atoms. The van der Waals surface area contributed by atoms with Crippen LogP contribution in [0, 0.1) is 0 Å². The lowest BCUT2D eigenvalue weighted by atomic mass is 10.1. The number of nitrogens with two attached hydrogens (primary N) is 2. The third-order valence-electron chi connectivity index (χ3n) is 3.47. The third kappa shape index (κ3) is 1.49. The van der Waals surface area contributed by atoms with Crippen molar-refractivity contribution in [3.63, 3.8) is 0 Å². The van der Waals surface area contributed by atoms with Gasteiger partial charge in [0.2, 0.25) is 0 Å². The van der Waals surface area contributed by atoms with Crippen molar-refractivity contribution in [1.82, 2.24) is 14.8 Å². The first-order valence-corrected chi connectivity index (χ1v) is 7.23. The van der Waals surface area contributed by atoms with E-state index < -0.39 is 0 Å². The molecule has 0 spiro atoms. The number of pyridine rings is 1. The van der Waals surface area contributed by atoms with Crippen LogP contribution in [0.4, 0.5) is 5.69 Å². The van der Waals surface area contributed by atoms with Crippen LogP contribution in [0.15, 0.2) is 40.4 Å². The molecule has 100 valence electrons. The Morgan fingerprint density at radius 3 is 3.00 bits per heavy atom. The van der Waals surface area contributed by atoms with Crippen LogP contribution in [0.2, 0.25) is 0 Å². The van der Waals surface area contributed by atoms with Crippen LogP contribution in [0.1, 0.15) is 0 Å². The van der Waals surface area contributed by atoms with Gasteiger partial charge in [-0.2, -0.15) is 5.10 Å². The first-order valence-electron chi connectivity index (χ1n) is 6.42. The SMILES string of the molecule is NCCn1nc2c3c(c(N)ccc31)Sc1ncccc1-2. The molecule has 3 heterocycles. The molecule has 0 amide bonds. The molecule has 20 heavy (non-hydrogen) atoms. The van der Waals surface area contributed by atoms with Crippen molar-refractivity contribution < 1.29 is 0 Å². The zero-order chi connectivity index (χ0) is 13.7. The fourth-order valence-corrected chi connectivity index (χ4v) is 3.67. The highest BCUT2D eigenvalue weighted by molar-refractivity contribution is 7.99. The summed E-state index contributed by atoms with van der Waals surface area (Å²) in [7, 11) is 0. The van der Waals surface area contributed by atoms with Gasteiger partial charge in [-0.3, -0.25) is 4.68 Å². The Morgan fingerprint density at radius 2 is 2.15 bits per heavy atom. The van der Waals surface area contributed by atoms with Crippen molar-refractivity contribution in [2.75, 3.05) is 12.3 Å². The zero-order valence-electron chi connectivity index (χ0n) is 10.7. The Bertz CT molecular complexity index is 824. The fraction of sp³-hybridized carbons (Fsp3) is 0.143. The molecule has 1 aliphatic heterocycles. The summed E-state index contributed by atoms with van der Waals surface area (Å²) in [5, 5.41) is 6.79. The lowest BCUT2D eigenvalue weighted by molar-refractivity contribution is 0.648. The van der Waals surface area contributed by atoms with Gasteiger partial charge in [-0.05, 0) is 24.3 Å². The molecular formula is C14H13N5S. The Hall–Kier alpha value is -2.05. The van der Waals surface area contributed by atoms with Crippen molar-refractivity contribution in [2.24, 2.45) is 5.73 Å². The third-order valence-corrected chi connectivity index (χ3v) is 4.63. The van der Waals surface area contributed by atoms with Crippen LogP contribution in [-0.2, 0) is 6.54 Å². The minimum atomic E-state index is 0.559. The van der Waals surface area contributed by atoms with Crippen LogP contribution in [0.3, 0.4) is 0 Å². The van der Waals surface area contributed by atoms with E-state index in [2.05, 4.69) is 11.1 Å². The largest absolute Gasteiger partial charge is 0.398 e. The van der Waals surface area contributed by atoms with Gasteiger partial charge in [0.25, 0.3) is 0 Å². The molecular weight excluding hydrogens is 270 g/mol. The molecule has 5 nitrogen and oxygen atoms in total. The molecule has 1 aromatic carbocycles. The smallest absolute Gasteiger partial charge is 0.110 e. The molecule has 4 N–H and O–H groups in total. The van der Waals surface area contributed by atoms with Crippen molar-refractivity contribution in [3.05, 3.63) is 30.5 Å². The Morgan fingerprint density at radius 1 is 1.25 bits per heavy atom. The van der Waals surface area contributed by atoms with Gasteiger partial charge < -0.3 is 11.5 Å². The number of rotatable bonds is 2. The molecule has 0 fully saturated rings. The molecule has 0 unspecified atom stereocenters. The first kappa shape index (κ1) is 11.7. The van der Waals surface area contributed by atoms with Gasteiger partial charge in [-0.25, -0.2) is 4.98 Å². The lowest BCUT2D eigenvalue weighted by Gasteiger charge is -2.15. The number of hydrogen-bond acceptors (Lipinski definition) is 5. The summed E-state index contributed by atoms with van der Waals surface area (Å²) < 4.78 is 1.95. The van der Waals surface area contributed by atoms with Crippen molar-refractivity contribution in [3.8, 4) is 11.3 Å². The highest BCUT2D eigenvalue weighted by Crippen LogP contribution is 2.48. The zero-order valence-corrected chi connectivity index (χ0v) is 11.5. The van der Waals surface area contributed by atoms with Crippen LogP contribution < -0.4 is 11.5 Å². The van der Waals surface area contributed by atoms with Gasteiger partial charge in [0.1, 0.15) is 10.7 Å². The molecule has 0 saturated heterocycles. The number of benzene rings is 1. The van der Waals surface area contributed by atoms with E-state index in [0.29, 0.717) is 13.1 Å². The minimum absolute atomic E-state index is 0.559. The fourth-order valence-electron chi connectivity index (χ4n) is 2.60. The van der Waals surface area contributed by atoms with Crippen molar-refractivity contribution in [1.29, 1.82) is 0 Å². The van der Waals surface area contributed by atoms with Crippen LogP contribution in [0.25, 0.3) is 22.2 Å². The standard InChI is InChI=1S/C14H13N5S/c15-5-7-19-10-4-3-9(16)13-11(10)12(18-19)8-2-1-6-17-14(8)20-13/h1-4,6H,5,7,15-16H2. The molecule has 1 aliphatic rings. The number of aromatic nitrogens is 3. The maximum Gasteiger partial charge on any atom is 0.110 e. The average molecular weight is 283 g/mol. The number of fused-ring (bicyclic) bond motifs is 2. The van der Waals surface area contributed by atoms with Gasteiger partial charge >= 0.3 is 0 Å². The Balaban J connectivity index is 2.12. The quantitative estimate of drug-likeness (QED) is 0.550. The number of nitrogens with zero attached hydrogens (tertiary/aromatic N) is 3. The van der Waals surface area contributed by atoms with Gasteiger partial charge in [0.05, 0.1) is 12.1 Å². The van der Waals surface area contributed by atoms with E-state index >= 15 is 0 Å². The van der Waals surface area contributed by atoms with Gasteiger partial charge in [-0.1, -0.05) is 11.8 Å². The molecule has 0 aliphatic carbocycles. The van der Waals surface area contributed by atoms with Crippen molar-refractivity contribution in [2.45, 2.75) is 16.5 Å². The van der Waals surface area contributed by atoms with Gasteiger partial charge in [0.15, 0.2) is 0 Å². The highest BCUT2D eigenvalue weighted by Gasteiger charge is 2.25. The van der Waals surface area contributed by atoms with Crippen molar-refractivity contribution >= 4 is 28.4 Å². The second-order valence-electron chi connectivity index (χ2n) is 4.70. The molecule has 3 aromatic rings. The maximum atomic E-state index is 6.13. The average Bonchev–Trinajstić information content (AvgIpc) is 2.83. The van der Waals surface area contributed by atoms with E-state index in [-0.39, 0.29) is 0 Å². The van der Waals surface area contributed by atoms with Gasteiger partial charge in [0, 0.05) is 34.3 Å². The van der Waals surface area contributed by atoms with E-state index in [9.17, 15) is 0 Å². The molecule has 0 saturated carbocycles. The Kier molecular flexibility index (Phi) is 2.48. The number of hydrogen-bond donors (Lipinski definition) is 2. The van der Waals surface area contributed by atoms with Crippen LogP contribution >= 0.6 is 11.8 Å². The summed E-state index contributed by atoms with van der Waals surface area (Å²) in [5.74, 6) is 0. The summed E-state index contributed by atoms with van der Waals surface area (Å²) in [6.07, 6.45) is 1.80. The first-order chi connectivity index (χ1) is 9.79. The van der Waals surface area contributed by atoms with E-state index in [1.807, 2.05) is 22.9 Å². The highest BCUT2D eigenvalue weighted by atomic mass is 32.2. The summed E-state index contributed by atoms with van der Waals surface area (Å²) in [6.45, 7) is 1.25. The molecule has 4 rings (SSSR count). The van der Waals surface area contributed by atoms with Crippen LogP contribution in [0.5, 0.6) is 0 Å². The van der Waals surface area contributed by atoms with Crippen LogP contribution in [-0.4, -0.2) is 21.3 Å². The second kappa shape index (κ2) is 4.22. The van der Waals surface area contributed by atoms with E-state index in [0.717, 1.165) is 37.8 Å². The number of anilines is 1. The van der Waals surface area contributed by atoms with Gasteiger partial charge in [-0.15, -0.1) is 0 Å². The minimum Gasteiger partial charge on any atom is -0.398 e. The molecule has 0 radical (unpaired) electrons. The maximum absolute atomic E-state index is 6.13.